The number of rotatable bonds is 5. The van der Waals surface area contributed by atoms with Crippen LogP contribution in [-0.2, 0) is 4.79 Å². The molecule has 0 aliphatic rings. The highest BCUT2D eigenvalue weighted by Crippen LogP contribution is 2.16. The zero-order valence-corrected chi connectivity index (χ0v) is 10.3. The van der Waals surface area contributed by atoms with Crippen molar-refractivity contribution in [3.8, 4) is 0 Å². The molecule has 98 valence electrons. The maximum Gasteiger partial charge on any atom is 0.303 e. The SMILES string of the molecule is O=C(O)CCCNC(=O)c1cccc2ncccc12. The number of amides is 1. The molecule has 0 saturated heterocycles. The zero-order chi connectivity index (χ0) is 13.7. The Morgan fingerprint density at radius 1 is 1.21 bits per heavy atom. The summed E-state index contributed by atoms with van der Waals surface area (Å²) in [6, 6.07) is 8.98. The lowest BCUT2D eigenvalue weighted by atomic mass is 10.1. The molecule has 1 aromatic heterocycles. The van der Waals surface area contributed by atoms with Crippen molar-refractivity contribution >= 4 is 22.8 Å². The Bertz CT molecular complexity index is 605. The van der Waals surface area contributed by atoms with Gasteiger partial charge in [-0.05, 0) is 24.6 Å². The van der Waals surface area contributed by atoms with Gasteiger partial charge in [-0.2, -0.15) is 0 Å². The molecule has 5 nitrogen and oxygen atoms in total. The normalized spacial score (nSPS) is 10.3. The second-order valence-corrected chi connectivity index (χ2v) is 4.13. The maximum absolute atomic E-state index is 12.0. The Morgan fingerprint density at radius 3 is 2.84 bits per heavy atom. The molecule has 0 radical (unpaired) electrons. The van der Waals surface area contributed by atoms with Crippen molar-refractivity contribution in [3.63, 3.8) is 0 Å². The fourth-order valence-corrected chi connectivity index (χ4v) is 1.84. The summed E-state index contributed by atoms with van der Waals surface area (Å²) in [6.07, 6.45) is 2.15. The summed E-state index contributed by atoms with van der Waals surface area (Å²) in [5, 5.41) is 12.0. The first-order chi connectivity index (χ1) is 9.18. The third-order valence-electron chi connectivity index (χ3n) is 2.74. The van der Waals surface area contributed by atoms with Gasteiger partial charge in [-0.3, -0.25) is 14.6 Å². The third-order valence-corrected chi connectivity index (χ3v) is 2.74. The van der Waals surface area contributed by atoms with E-state index in [1.165, 1.54) is 0 Å². The molecule has 0 aliphatic carbocycles. The van der Waals surface area contributed by atoms with Crippen LogP contribution in [0, 0.1) is 0 Å². The average Bonchev–Trinajstić information content (AvgIpc) is 2.42. The van der Waals surface area contributed by atoms with E-state index in [0.29, 0.717) is 18.5 Å². The molecule has 2 N–H and O–H groups in total. The summed E-state index contributed by atoms with van der Waals surface area (Å²) in [4.78, 5) is 26.6. The number of carboxylic acids is 1. The Hall–Kier alpha value is -2.43. The van der Waals surface area contributed by atoms with Crippen LogP contribution in [0.5, 0.6) is 0 Å². The molecule has 0 fully saturated rings. The first kappa shape index (κ1) is 13.0. The van der Waals surface area contributed by atoms with Crippen LogP contribution in [0.3, 0.4) is 0 Å². The highest BCUT2D eigenvalue weighted by molar-refractivity contribution is 6.06. The van der Waals surface area contributed by atoms with E-state index < -0.39 is 5.97 Å². The molecule has 0 unspecified atom stereocenters. The number of pyridine rings is 1. The molecule has 2 aromatic rings. The second-order valence-electron chi connectivity index (χ2n) is 4.13. The van der Waals surface area contributed by atoms with Crippen LogP contribution in [-0.4, -0.2) is 28.5 Å². The number of nitrogens with one attached hydrogen (secondary N) is 1. The molecule has 0 atom stereocenters. The van der Waals surface area contributed by atoms with Crippen molar-refractivity contribution in [2.75, 3.05) is 6.54 Å². The van der Waals surface area contributed by atoms with E-state index in [9.17, 15) is 9.59 Å². The van der Waals surface area contributed by atoms with Crippen LogP contribution in [0.25, 0.3) is 10.9 Å². The van der Waals surface area contributed by atoms with Gasteiger partial charge in [0.15, 0.2) is 0 Å². The van der Waals surface area contributed by atoms with Crippen LogP contribution in [0.15, 0.2) is 36.5 Å². The number of fused-ring (bicyclic) bond motifs is 1. The number of carboxylic acid groups (broad SMARTS) is 1. The zero-order valence-electron chi connectivity index (χ0n) is 10.3. The third kappa shape index (κ3) is 3.28. The number of carbonyl (C=O) groups is 2. The van der Waals surface area contributed by atoms with Crippen LogP contribution in [0.4, 0.5) is 0 Å². The first-order valence-electron chi connectivity index (χ1n) is 6.02. The van der Waals surface area contributed by atoms with E-state index >= 15 is 0 Å². The highest BCUT2D eigenvalue weighted by atomic mass is 16.4. The molecule has 1 aromatic carbocycles. The largest absolute Gasteiger partial charge is 0.481 e. The van der Waals surface area contributed by atoms with E-state index in [0.717, 1.165) is 10.9 Å². The van der Waals surface area contributed by atoms with Crippen molar-refractivity contribution < 1.29 is 14.7 Å². The van der Waals surface area contributed by atoms with Gasteiger partial charge in [0.1, 0.15) is 0 Å². The van der Waals surface area contributed by atoms with E-state index in [2.05, 4.69) is 10.3 Å². The van der Waals surface area contributed by atoms with Gasteiger partial charge < -0.3 is 10.4 Å². The van der Waals surface area contributed by atoms with Gasteiger partial charge in [-0.25, -0.2) is 0 Å². The van der Waals surface area contributed by atoms with Crippen molar-refractivity contribution in [3.05, 3.63) is 42.1 Å². The standard InChI is InChI=1S/C14H14N2O3/c17-13(18)7-3-9-16-14(19)11-4-1-6-12-10(11)5-2-8-15-12/h1-2,4-6,8H,3,7,9H2,(H,16,19)(H,17,18). The first-order valence-corrected chi connectivity index (χ1v) is 6.02. The molecule has 0 spiro atoms. The second kappa shape index (κ2) is 5.95. The molecule has 0 aliphatic heterocycles. The quantitative estimate of drug-likeness (QED) is 0.802. The molecular weight excluding hydrogens is 244 g/mol. The van der Waals surface area contributed by atoms with Gasteiger partial charge in [0, 0.05) is 30.1 Å². The van der Waals surface area contributed by atoms with Crippen molar-refractivity contribution in [1.29, 1.82) is 0 Å². The average molecular weight is 258 g/mol. The van der Waals surface area contributed by atoms with Crippen molar-refractivity contribution in [2.45, 2.75) is 12.8 Å². The molecule has 5 heteroatoms. The minimum Gasteiger partial charge on any atom is -0.481 e. The van der Waals surface area contributed by atoms with Gasteiger partial charge in [-0.15, -0.1) is 0 Å². The molecule has 0 bridgehead atoms. The van der Waals surface area contributed by atoms with E-state index in [-0.39, 0.29) is 12.3 Å². The number of nitrogens with zero attached hydrogens (tertiary/aromatic N) is 1. The van der Waals surface area contributed by atoms with Gasteiger partial charge in [0.25, 0.3) is 5.91 Å². The topological polar surface area (TPSA) is 79.3 Å². The number of aromatic nitrogens is 1. The van der Waals surface area contributed by atoms with Gasteiger partial charge >= 0.3 is 5.97 Å². The van der Waals surface area contributed by atoms with E-state index in [1.54, 1.807) is 24.4 Å². The predicted molar refractivity (Wildman–Crippen MR) is 70.9 cm³/mol. The van der Waals surface area contributed by atoms with Crippen LogP contribution in [0.2, 0.25) is 0 Å². The Kier molecular flexibility index (Phi) is 4.07. The summed E-state index contributed by atoms with van der Waals surface area (Å²) >= 11 is 0. The maximum atomic E-state index is 12.0. The van der Waals surface area contributed by atoms with Gasteiger partial charge in [-0.1, -0.05) is 12.1 Å². The summed E-state index contributed by atoms with van der Waals surface area (Å²) < 4.78 is 0. The molecule has 2 rings (SSSR count). The summed E-state index contributed by atoms with van der Waals surface area (Å²) in [7, 11) is 0. The molecule has 1 heterocycles. The lowest BCUT2D eigenvalue weighted by Gasteiger charge is -2.07. The Balaban J connectivity index is 2.07. The van der Waals surface area contributed by atoms with Gasteiger partial charge in [0.2, 0.25) is 0 Å². The van der Waals surface area contributed by atoms with Crippen LogP contribution < -0.4 is 5.32 Å². The van der Waals surface area contributed by atoms with Gasteiger partial charge in [0.05, 0.1) is 5.52 Å². The minimum absolute atomic E-state index is 0.0529. The lowest BCUT2D eigenvalue weighted by Crippen LogP contribution is -2.25. The highest BCUT2D eigenvalue weighted by Gasteiger charge is 2.09. The fourth-order valence-electron chi connectivity index (χ4n) is 1.84. The number of hydrogen-bond donors (Lipinski definition) is 2. The summed E-state index contributed by atoms with van der Waals surface area (Å²) in [6.45, 7) is 0.349. The number of hydrogen-bond acceptors (Lipinski definition) is 3. The molecular formula is C14H14N2O3. The van der Waals surface area contributed by atoms with E-state index in [1.807, 2.05) is 12.1 Å². The number of carbonyl (C=O) groups excluding carboxylic acids is 1. The fraction of sp³-hybridized carbons (Fsp3) is 0.214. The lowest BCUT2D eigenvalue weighted by molar-refractivity contribution is -0.137. The molecule has 1 amide bonds. The van der Waals surface area contributed by atoms with Crippen LogP contribution in [0.1, 0.15) is 23.2 Å². The molecule has 19 heavy (non-hydrogen) atoms. The van der Waals surface area contributed by atoms with Crippen LogP contribution >= 0.6 is 0 Å². The monoisotopic (exact) mass is 258 g/mol. The number of benzene rings is 1. The van der Waals surface area contributed by atoms with Crippen molar-refractivity contribution in [1.82, 2.24) is 10.3 Å². The smallest absolute Gasteiger partial charge is 0.303 e. The van der Waals surface area contributed by atoms with E-state index in [4.69, 9.17) is 5.11 Å². The minimum atomic E-state index is -0.858. The summed E-state index contributed by atoms with van der Waals surface area (Å²) in [5.41, 5.74) is 1.32. The summed E-state index contributed by atoms with van der Waals surface area (Å²) in [5.74, 6) is -1.06. The Labute approximate surface area is 110 Å². The molecule has 0 saturated carbocycles. The van der Waals surface area contributed by atoms with Crippen molar-refractivity contribution in [2.24, 2.45) is 0 Å². The predicted octanol–water partition coefficient (Wildman–Crippen LogP) is 1.83. The number of aliphatic carboxylic acids is 1. The Morgan fingerprint density at radius 2 is 2.05 bits per heavy atom.